The molecule has 1 fully saturated rings. The maximum absolute atomic E-state index is 13.9. The van der Waals surface area contributed by atoms with Gasteiger partial charge in [-0.05, 0) is 56.0 Å². The molecule has 0 aliphatic carbocycles. The number of nitriles is 1. The van der Waals surface area contributed by atoms with Crippen LogP contribution < -0.4 is 5.32 Å². The van der Waals surface area contributed by atoms with Gasteiger partial charge in [0.25, 0.3) is 0 Å². The molecule has 1 N–H and O–H groups in total. The number of piperidine rings is 1. The SMILES string of the molecule is CCc1c(F)cc(C2CCNCC2)cc1C#N. The summed E-state index contributed by atoms with van der Waals surface area (Å²) in [6.45, 7) is 3.83. The van der Waals surface area contributed by atoms with Crippen molar-refractivity contribution in [2.75, 3.05) is 13.1 Å². The van der Waals surface area contributed by atoms with E-state index in [1.807, 2.05) is 13.0 Å². The molecule has 0 unspecified atom stereocenters. The van der Waals surface area contributed by atoms with Crippen LogP contribution in [0.25, 0.3) is 0 Å². The van der Waals surface area contributed by atoms with E-state index in [-0.39, 0.29) is 5.82 Å². The summed E-state index contributed by atoms with van der Waals surface area (Å²) in [5, 5.41) is 12.4. The van der Waals surface area contributed by atoms with E-state index in [2.05, 4.69) is 11.4 Å². The van der Waals surface area contributed by atoms with Gasteiger partial charge in [-0.2, -0.15) is 5.26 Å². The van der Waals surface area contributed by atoms with Gasteiger partial charge in [-0.3, -0.25) is 0 Å². The van der Waals surface area contributed by atoms with E-state index < -0.39 is 0 Å². The Kier molecular flexibility index (Phi) is 3.75. The summed E-state index contributed by atoms with van der Waals surface area (Å²) in [6, 6.07) is 5.60. The third kappa shape index (κ3) is 2.48. The van der Waals surface area contributed by atoms with Crippen molar-refractivity contribution in [3.63, 3.8) is 0 Å². The maximum Gasteiger partial charge on any atom is 0.127 e. The van der Waals surface area contributed by atoms with Crippen molar-refractivity contribution in [1.29, 1.82) is 5.26 Å². The van der Waals surface area contributed by atoms with Crippen LogP contribution in [0.15, 0.2) is 12.1 Å². The molecule has 2 nitrogen and oxygen atoms in total. The van der Waals surface area contributed by atoms with E-state index in [4.69, 9.17) is 5.26 Å². The highest BCUT2D eigenvalue weighted by atomic mass is 19.1. The summed E-state index contributed by atoms with van der Waals surface area (Å²) in [7, 11) is 0. The number of rotatable bonds is 2. The van der Waals surface area contributed by atoms with Crippen LogP contribution >= 0.6 is 0 Å². The molecule has 1 aromatic rings. The van der Waals surface area contributed by atoms with Crippen LogP contribution in [-0.4, -0.2) is 13.1 Å². The molecule has 1 aliphatic rings. The van der Waals surface area contributed by atoms with E-state index >= 15 is 0 Å². The van der Waals surface area contributed by atoms with Crippen LogP contribution in [0.3, 0.4) is 0 Å². The lowest BCUT2D eigenvalue weighted by Gasteiger charge is -2.23. The van der Waals surface area contributed by atoms with Gasteiger partial charge in [0.15, 0.2) is 0 Å². The highest BCUT2D eigenvalue weighted by molar-refractivity contribution is 5.42. The van der Waals surface area contributed by atoms with E-state index in [1.54, 1.807) is 6.07 Å². The third-order valence-corrected chi connectivity index (χ3v) is 3.50. The number of nitrogens with one attached hydrogen (secondary N) is 1. The second kappa shape index (κ2) is 5.29. The molecule has 0 amide bonds. The highest BCUT2D eigenvalue weighted by Gasteiger charge is 2.18. The van der Waals surface area contributed by atoms with Crippen molar-refractivity contribution >= 4 is 0 Å². The fourth-order valence-electron chi connectivity index (χ4n) is 2.51. The molecule has 0 radical (unpaired) electrons. The molecule has 1 aromatic carbocycles. The Morgan fingerprint density at radius 1 is 1.41 bits per heavy atom. The van der Waals surface area contributed by atoms with Gasteiger partial charge in [0.05, 0.1) is 11.6 Å². The normalized spacial score (nSPS) is 16.8. The summed E-state index contributed by atoms with van der Waals surface area (Å²) in [4.78, 5) is 0. The fraction of sp³-hybridized carbons (Fsp3) is 0.500. The summed E-state index contributed by atoms with van der Waals surface area (Å²) in [6.07, 6.45) is 2.62. The van der Waals surface area contributed by atoms with Gasteiger partial charge in [0.1, 0.15) is 5.82 Å². The molecule has 0 spiro atoms. The summed E-state index contributed by atoms with van der Waals surface area (Å²) >= 11 is 0. The lowest BCUT2D eigenvalue weighted by molar-refractivity contribution is 0.458. The number of halogens is 1. The molecule has 1 aliphatic heterocycles. The molecule has 3 heteroatoms. The molecular weight excluding hydrogens is 215 g/mol. The zero-order valence-electron chi connectivity index (χ0n) is 10.1. The van der Waals surface area contributed by atoms with Crippen LogP contribution in [0.1, 0.15) is 42.4 Å². The van der Waals surface area contributed by atoms with Gasteiger partial charge < -0.3 is 5.32 Å². The van der Waals surface area contributed by atoms with Crippen molar-refractivity contribution in [2.24, 2.45) is 0 Å². The minimum atomic E-state index is -0.222. The van der Waals surface area contributed by atoms with Gasteiger partial charge in [0.2, 0.25) is 0 Å². The molecule has 1 heterocycles. The first-order chi connectivity index (χ1) is 8.26. The van der Waals surface area contributed by atoms with Gasteiger partial charge in [-0.15, -0.1) is 0 Å². The van der Waals surface area contributed by atoms with E-state index in [0.717, 1.165) is 31.5 Å². The van der Waals surface area contributed by atoms with Gasteiger partial charge >= 0.3 is 0 Å². The second-order valence-electron chi connectivity index (χ2n) is 4.52. The molecule has 17 heavy (non-hydrogen) atoms. The van der Waals surface area contributed by atoms with E-state index in [9.17, 15) is 4.39 Å². The Hall–Kier alpha value is -1.40. The Morgan fingerprint density at radius 3 is 2.71 bits per heavy atom. The zero-order chi connectivity index (χ0) is 12.3. The molecule has 0 bridgehead atoms. The topological polar surface area (TPSA) is 35.8 Å². The quantitative estimate of drug-likeness (QED) is 0.851. The fourth-order valence-corrected chi connectivity index (χ4v) is 2.51. The standard InChI is InChI=1S/C14H17FN2/c1-2-13-12(9-16)7-11(8-14(13)15)10-3-5-17-6-4-10/h7-8,10,17H,2-6H2,1H3. The van der Waals surface area contributed by atoms with Crippen molar-refractivity contribution in [3.8, 4) is 6.07 Å². The zero-order valence-corrected chi connectivity index (χ0v) is 10.1. The predicted octanol–water partition coefficient (Wildman–Crippen LogP) is 2.73. The molecule has 0 saturated carbocycles. The Balaban J connectivity index is 2.36. The average molecular weight is 232 g/mol. The monoisotopic (exact) mass is 232 g/mol. The minimum Gasteiger partial charge on any atom is -0.317 e. The molecule has 1 saturated heterocycles. The Morgan fingerprint density at radius 2 is 2.12 bits per heavy atom. The third-order valence-electron chi connectivity index (χ3n) is 3.50. The van der Waals surface area contributed by atoms with Gasteiger partial charge in [0, 0.05) is 5.56 Å². The molecule has 2 rings (SSSR count). The van der Waals surface area contributed by atoms with Gasteiger partial charge in [-0.25, -0.2) is 4.39 Å². The first-order valence-corrected chi connectivity index (χ1v) is 6.19. The predicted molar refractivity (Wildman–Crippen MR) is 65.3 cm³/mol. The van der Waals surface area contributed by atoms with Crippen molar-refractivity contribution in [3.05, 3.63) is 34.6 Å². The van der Waals surface area contributed by atoms with Crippen molar-refractivity contribution < 1.29 is 4.39 Å². The van der Waals surface area contributed by atoms with Crippen molar-refractivity contribution in [1.82, 2.24) is 5.32 Å². The number of benzene rings is 1. The Labute approximate surface area is 101 Å². The van der Waals surface area contributed by atoms with Crippen LogP contribution in [0.4, 0.5) is 4.39 Å². The van der Waals surface area contributed by atoms with E-state index in [0.29, 0.717) is 23.5 Å². The first kappa shape index (κ1) is 12.1. The van der Waals surface area contributed by atoms with Crippen LogP contribution in [0.2, 0.25) is 0 Å². The molecular formula is C14H17FN2. The second-order valence-corrected chi connectivity index (χ2v) is 4.52. The molecule has 90 valence electrons. The number of hydrogen-bond donors (Lipinski definition) is 1. The summed E-state index contributed by atoms with van der Waals surface area (Å²) in [5.41, 5.74) is 2.03. The molecule has 0 aromatic heterocycles. The lowest BCUT2D eigenvalue weighted by atomic mass is 9.88. The highest BCUT2D eigenvalue weighted by Crippen LogP contribution is 2.28. The van der Waals surface area contributed by atoms with E-state index in [1.165, 1.54) is 0 Å². The van der Waals surface area contributed by atoms with Gasteiger partial charge in [-0.1, -0.05) is 6.92 Å². The first-order valence-electron chi connectivity index (χ1n) is 6.19. The van der Waals surface area contributed by atoms with Crippen LogP contribution in [0, 0.1) is 17.1 Å². The summed E-state index contributed by atoms with van der Waals surface area (Å²) < 4.78 is 13.9. The van der Waals surface area contributed by atoms with Crippen LogP contribution in [0.5, 0.6) is 0 Å². The van der Waals surface area contributed by atoms with Crippen molar-refractivity contribution in [2.45, 2.75) is 32.1 Å². The molecule has 0 atom stereocenters. The minimum absolute atomic E-state index is 0.222. The van der Waals surface area contributed by atoms with Crippen LogP contribution in [-0.2, 0) is 6.42 Å². The Bertz CT molecular complexity index is 442. The largest absolute Gasteiger partial charge is 0.317 e. The number of hydrogen-bond acceptors (Lipinski definition) is 2. The summed E-state index contributed by atoms with van der Waals surface area (Å²) in [5.74, 6) is 0.170. The smallest absolute Gasteiger partial charge is 0.127 e. The lowest BCUT2D eigenvalue weighted by Crippen LogP contribution is -2.26. The number of nitrogens with zero attached hydrogens (tertiary/aromatic N) is 1. The average Bonchev–Trinajstić information content (AvgIpc) is 2.38. The maximum atomic E-state index is 13.9.